The third-order valence-electron chi connectivity index (χ3n) is 8.99. The van der Waals surface area contributed by atoms with Gasteiger partial charge >= 0.3 is 6.09 Å². The van der Waals surface area contributed by atoms with Crippen LogP contribution in [0.3, 0.4) is 0 Å². The molecule has 4 rings (SSSR count). The van der Waals surface area contributed by atoms with Crippen molar-refractivity contribution in [2.45, 2.75) is 82.1 Å². The second kappa shape index (κ2) is 18.4. The molecular weight excluding hydrogens is 646 g/mol. The number of oxime groups is 1. The average Bonchev–Trinajstić information content (AvgIpc) is 3.63. The lowest BCUT2D eigenvalue weighted by Crippen LogP contribution is -2.57. The van der Waals surface area contributed by atoms with Gasteiger partial charge in [0.05, 0.1) is 28.9 Å². The Morgan fingerprint density at radius 3 is 2.37 bits per heavy atom. The molecule has 264 valence electrons. The third-order valence-corrected chi connectivity index (χ3v) is 10.8. The molecule has 1 aliphatic carbocycles. The van der Waals surface area contributed by atoms with Gasteiger partial charge in [-0.3, -0.25) is 9.78 Å². The number of nitrogens with one attached hydrogen (secondary N) is 2. The van der Waals surface area contributed by atoms with Crippen LogP contribution in [0.25, 0.3) is 0 Å². The topological polar surface area (TPSA) is 171 Å². The number of rotatable bonds is 17. The Labute approximate surface area is 288 Å². The predicted molar refractivity (Wildman–Crippen MR) is 185 cm³/mol. The number of hydrogen-bond donors (Lipinski definition) is 4. The van der Waals surface area contributed by atoms with Gasteiger partial charge in [-0.05, 0) is 66.5 Å². The predicted octanol–water partition coefficient (Wildman–Crippen LogP) is 4.50. The number of nitrogens with zero attached hydrogens (tertiary/aromatic N) is 3. The number of alkyl carbamates (subject to hydrolysis) is 1. The number of amides is 2. The molecule has 2 aromatic carbocycles. The molecule has 0 saturated heterocycles. The van der Waals surface area contributed by atoms with Gasteiger partial charge in [0.1, 0.15) is 12.6 Å². The highest BCUT2D eigenvalue weighted by molar-refractivity contribution is 7.89. The van der Waals surface area contributed by atoms with Gasteiger partial charge < -0.3 is 25.7 Å². The fourth-order valence-electron chi connectivity index (χ4n) is 5.95. The fraction of sp³-hybridized carbons (Fsp3) is 0.444. The van der Waals surface area contributed by atoms with E-state index in [1.54, 1.807) is 36.5 Å². The monoisotopic (exact) mass is 693 g/mol. The minimum absolute atomic E-state index is 0.0432. The first-order chi connectivity index (χ1) is 23.6. The number of aliphatic hydroxyl groups is 1. The Morgan fingerprint density at radius 2 is 1.73 bits per heavy atom. The van der Waals surface area contributed by atoms with E-state index in [1.807, 2.05) is 44.2 Å². The first kappa shape index (κ1) is 37.5. The summed E-state index contributed by atoms with van der Waals surface area (Å²) in [6, 6.07) is 18.7. The van der Waals surface area contributed by atoms with Crippen molar-refractivity contribution in [3.05, 3.63) is 95.8 Å². The van der Waals surface area contributed by atoms with E-state index in [-0.39, 0.29) is 42.8 Å². The number of carbonyl (C=O) groups excluding carboxylic acids is 2. The summed E-state index contributed by atoms with van der Waals surface area (Å²) in [4.78, 5) is 30.8. The van der Waals surface area contributed by atoms with Crippen LogP contribution in [-0.2, 0) is 32.6 Å². The molecule has 12 nitrogen and oxygen atoms in total. The van der Waals surface area contributed by atoms with Gasteiger partial charge in [0.2, 0.25) is 15.9 Å². The molecule has 49 heavy (non-hydrogen) atoms. The van der Waals surface area contributed by atoms with Crippen LogP contribution in [0.15, 0.2) is 89.0 Å². The minimum Gasteiger partial charge on any atom is -0.443 e. The highest BCUT2D eigenvalue weighted by atomic mass is 32.2. The quantitative estimate of drug-likeness (QED) is 0.0910. The van der Waals surface area contributed by atoms with Gasteiger partial charge in [0.25, 0.3) is 0 Å². The molecule has 0 spiro atoms. The molecule has 1 aliphatic rings. The van der Waals surface area contributed by atoms with E-state index in [4.69, 9.17) is 9.94 Å². The molecule has 1 heterocycles. The molecule has 1 aromatic heterocycles. The van der Waals surface area contributed by atoms with Crippen molar-refractivity contribution in [2.24, 2.45) is 17.0 Å². The van der Waals surface area contributed by atoms with Crippen LogP contribution in [0, 0.1) is 11.8 Å². The van der Waals surface area contributed by atoms with Gasteiger partial charge in [0.15, 0.2) is 0 Å². The number of pyridine rings is 1. The second-order valence-corrected chi connectivity index (χ2v) is 14.5. The van der Waals surface area contributed by atoms with Gasteiger partial charge in [-0.1, -0.05) is 86.8 Å². The van der Waals surface area contributed by atoms with Crippen LogP contribution in [-0.4, -0.2) is 77.5 Å². The van der Waals surface area contributed by atoms with E-state index in [0.29, 0.717) is 17.7 Å². The van der Waals surface area contributed by atoms with E-state index < -0.39 is 40.2 Å². The number of carbonyl (C=O) groups is 2. The Morgan fingerprint density at radius 1 is 1.04 bits per heavy atom. The van der Waals surface area contributed by atoms with Crippen LogP contribution in [0.5, 0.6) is 0 Å². The smallest absolute Gasteiger partial charge is 0.408 e. The summed E-state index contributed by atoms with van der Waals surface area (Å²) < 4.78 is 34.7. The van der Waals surface area contributed by atoms with Gasteiger partial charge in [-0.15, -0.1) is 0 Å². The second-order valence-electron chi connectivity index (χ2n) is 12.6. The highest BCUT2D eigenvalue weighted by Crippen LogP contribution is 2.28. The van der Waals surface area contributed by atoms with E-state index in [0.717, 1.165) is 31.2 Å². The lowest BCUT2D eigenvalue weighted by Gasteiger charge is -2.32. The summed E-state index contributed by atoms with van der Waals surface area (Å²) >= 11 is 0. The lowest BCUT2D eigenvalue weighted by atomic mass is 9.96. The Bertz CT molecular complexity index is 1600. The van der Waals surface area contributed by atoms with Gasteiger partial charge in [0, 0.05) is 19.3 Å². The number of ether oxygens (including phenoxy) is 1. The summed E-state index contributed by atoms with van der Waals surface area (Å²) in [5.74, 6) is -0.661. The van der Waals surface area contributed by atoms with E-state index in [2.05, 4.69) is 20.8 Å². The van der Waals surface area contributed by atoms with Crippen molar-refractivity contribution in [1.82, 2.24) is 19.9 Å². The molecule has 0 aliphatic heterocycles. The zero-order valence-corrected chi connectivity index (χ0v) is 28.8. The highest BCUT2D eigenvalue weighted by Gasteiger charge is 2.35. The number of aromatic nitrogens is 1. The molecule has 1 fully saturated rings. The van der Waals surface area contributed by atoms with Gasteiger partial charge in [-0.25, -0.2) is 13.2 Å². The standard InChI is InChI=1S/C36H47N5O7S/c1-3-26(2)34(40-36(44)48-25-30-15-9-10-20-37-30)35(43)39-32(21-27-11-5-4-6-12-27)33(42)24-41(23-29-13-7-8-14-29)49(46,47)31-18-16-28(17-19-31)22-38-45/h4-6,9-12,15-20,22,26,29,32-34,42,45H,3,7-8,13-14,21,23-25H2,1-2H3,(H,39,43)(H,40,44)/b38-22+/t26-,32-,33+,34-/m0/s1. The van der Waals surface area contributed by atoms with E-state index in [1.165, 1.54) is 22.7 Å². The first-order valence-electron chi connectivity index (χ1n) is 16.7. The molecular formula is C36H47N5O7S. The zero-order valence-electron chi connectivity index (χ0n) is 28.0. The summed E-state index contributed by atoms with van der Waals surface area (Å²) in [6.07, 6.45) is 5.30. The average molecular weight is 694 g/mol. The summed E-state index contributed by atoms with van der Waals surface area (Å²) in [5, 5.41) is 29.3. The molecule has 3 aromatic rings. The molecule has 4 N–H and O–H groups in total. The Hall–Kier alpha value is -4.33. The van der Waals surface area contributed by atoms with Crippen molar-refractivity contribution < 1.29 is 33.1 Å². The van der Waals surface area contributed by atoms with Crippen molar-refractivity contribution in [3.63, 3.8) is 0 Å². The van der Waals surface area contributed by atoms with E-state index >= 15 is 0 Å². The molecule has 0 unspecified atom stereocenters. The molecule has 0 radical (unpaired) electrons. The molecule has 1 saturated carbocycles. The molecule has 2 amide bonds. The van der Waals surface area contributed by atoms with Crippen LogP contribution >= 0.6 is 0 Å². The number of hydrogen-bond acceptors (Lipinski definition) is 9. The summed E-state index contributed by atoms with van der Waals surface area (Å²) in [5.41, 5.74) is 1.92. The zero-order chi connectivity index (χ0) is 35.2. The van der Waals surface area contributed by atoms with E-state index in [9.17, 15) is 23.1 Å². The summed E-state index contributed by atoms with van der Waals surface area (Å²) in [7, 11) is -4.05. The maximum Gasteiger partial charge on any atom is 0.408 e. The van der Waals surface area contributed by atoms with Crippen LogP contribution in [0.1, 0.15) is 62.8 Å². The normalized spacial score (nSPS) is 16.2. The van der Waals surface area contributed by atoms with Crippen molar-refractivity contribution in [1.29, 1.82) is 0 Å². The van der Waals surface area contributed by atoms with Crippen LogP contribution in [0.4, 0.5) is 4.79 Å². The molecule has 0 bridgehead atoms. The van der Waals surface area contributed by atoms with Crippen molar-refractivity contribution in [3.8, 4) is 0 Å². The Balaban J connectivity index is 1.56. The fourth-order valence-corrected chi connectivity index (χ4v) is 7.48. The lowest BCUT2D eigenvalue weighted by molar-refractivity contribution is -0.125. The van der Waals surface area contributed by atoms with Crippen LogP contribution < -0.4 is 10.6 Å². The number of aliphatic hydroxyl groups excluding tert-OH is 1. The van der Waals surface area contributed by atoms with Crippen molar-refractivity contribution in [2.75, 3.05) is 13.1 Å². The number of benzene rings is 2. The third kappa shape index (κ3) is 11.1. The molecule has 13 heteroatoms. The minimum atomic E-state index is -4.05. The van der Waals surface area contributed by atoms with Crippen LogP contribution in [0.2, 0.25) is 0 Å². The maximum atomic E-state index is 14.0. The largest absolute Gasteiger partial charge is 0.443 e. The van der Waals surface area contributed by atoms with Crippen molar-refractivity contribution >= 4 is 28.2 Å². The number of sulfonamides is 1. The first-order valence-corrected chi connectivity index (χ1v) is 18.2. The SMILES string of the molecule is CC[C@H](C)[C@H](NC(=O)OCc1ccccn1)C(=O)N[C@@H](Cc1ccccc1)[C@H](O)CN(CC1CCCC1)S(=O)(=O)c1ccc(/C=N/O)cc1. The maximum absolute atomic E-state index is 14.0. The Kier molecular flexibility index (Phi) is 14.1. The van der Waals surface area contributed by atoms with Gasteiger partial charge in [-0.2, -0.15) is 4.31 Å². The molecule has 4 atom stereocenters. The summed E-state index contributed by atoms with van der Waals surface area (Å²) in [6.45, 7) is 3.63.